The molecule has 3 heterocycles. The van der Waals surface area contributed by atoms with Gasteiger partial charge < -0.3 is 30.4 Å². The van der Waals surface area contributed by atoms with Gasteiger partial charge in [-0.25, -0.2) is 8.42 Å². The molecule has 0 saturated carbocycles. The molecule has 3 aliphatic rings. The number of likely N-dealkylation sites (N-methyl/N-ethyl adjacent to an activating group) is 1. The number of carbonyl (C=O) groups excluding carboxylic acids is 3. The Morgan fingerprint density at radius 1 is 1.14 bits per heavy atom. The van der Waals surface area contributed by atoms with Crippen LogP contribution in [0.3, 0.4) is 0 Å². The Hall–Kier alpha value is -2.75. The van der Waals surface area contributed by atoms with Gasteiger partial charge in [0.2, 0.25) is 21.8 Å². The summed E-state index contributed by atoms with van der Waals surface area (Å²) in [7, 11) is -2.81. The molecule has 0 aromatic heterocycles. The van der Waals surface area contributed by atoms with E-state index in [0.29, 0.717) is 37.9 Å². The van der Waals surface area contributed by atoms with Crippen LogP contribution in [0.4, 0.5) is 13.2 Å². The van der Waals surface area contributed by atoms with Crippen molar-refractivity contribution in [3.63, 3.8) is 0 Å². The van der Waals surface area contributed by atoms with E-state index in [2.05, 4.69) is 16.0 Å². The van der Waals surface area contributed by atoms with Gasteiger partial charge in [0, 0.05) is 37.7 Å². The van der Waals surface area contributed by atoms with Gasteiger partial charge in [-0.1, -0.05) is 18.2 Å². The molecule has 42 heavy (non-hydrogen) atoms. The number of amides is 2. The lowest BCUT2D eigenvalue weighted by Crippen LogP contribution is -2.63. The molecule has 11 nitrogen and oxygen atoms in total. The van der Waals surface area contributed by atoms with Crippen LogP contribution in [-0.4, -0.2) is 105 Å². The summed E-state index contributed by atoms with van der Waals surface area (Å²) < 4.78 is 71.2. The molecule has 3 aliphatic heterocycles. The summed E-state index contributed by atoms with van der Waals surface area (Å²) in [5, 5.41) is 8.85. The lowest BCUT2D eigenvalue weighted by Gasteiger charge is -2.39. The van der Waals surface area contributed by atoms with Gasteiger partial charge in [-0.3, -0.25) is 9.59 Å². The van der Waals surface area contributed by atoms with E-state index in [0.717, 1.165) is 9.87 Å². The van der Waals surface area contributed by atoms with Crippen molar-refractivity contribution < 1.29 is 40.7 Å². The normalized spacial score (nSPS) is 26.7. The Morgan fingerprint density at radius 3 is 2.57 bits per heavy atom. The van der Waals surface area contributed by atoms with Crippen LogP contribution in [0.5, 0.6) is 5.75 Å². The van der Waals surface area contributed by atoms with Crippen LogP contribution < -0.4 is 20.7 Å². The fourth-order valence-electron chi connectivity index (χ4n) is 5.67. The SMILES string of the molecule is CNC(C)(C=O)CN[C@H]1CN(S(=O)(=O)CCC(F)(F)F)CC[C@H]2CC[C@@H](C(=O)N[C@@H]3CCOc4ccccc43)N2C1=O. The predicted octanol–water partition coefficient (Wildman–Crippen LogP) is 1.11. The Bertz CT molecular complexity index is 1260. The minimum Gasteiger partial charge on any atom is -0.493 e. The van der Waals surface area contributed by atoms with Crippen molar-refractivity contribution in [2.75, 3.05) is 39.0 Å². The predicted molar refractivity (Wildman–Crippen MR) is 147 cm³/mol. The zero-order chi connectivity index (χ0) is 30.7. The van der Waals surface area contributed by atoms with Crippen LogP contribution >= 0.6 is 0 Å². The van der Waals surface area contributed by atoms with E-state index < -0.39 is 64.5 Å². The quantitative estimate of drug-likeness (QED) is 0.332. The van der Waals surface area contributed by atoms with E-state index in [1.807, 2.05) is 24.3 Å². The smallest absolute Gasteiger partial charge is 0.390 e. The maximum atomic E-state index is 14.0. The van der Waals surface area contributed by atoms with E-state index in [1.54, 1.807) is 14.0 Å². The van der Waals surface area contributed by atoms with Crippen molar-refractivity contribution in [2.24, 2.45) is 0 Å². The highest BCUT2D eigenvalue weighted by Gasteiger charge is 2.46. The molecule has 3 N–H and O–H groups in total. The van der Waals surface area contributed by atoms with Crippen LogP contribution in [0.15, 0.2) is 24.3 Å². The molecule has 1 unspecified atom stereocenters. The molecule has 15 heteroatoms. The number of hydrogen-bond donors (Lipinski definition) is 3. The third-order valence-corrected chi connectivity index (χ3v) is 10.2. The number of halogens is 3. The minimum atomic E-state index is -4.66. The van der Waals surface area contributed by atoms with Crippen LogP contribution in [0.25, 0.3) is 0 Å². The molecule has 234 valence electrons. The van der Waals surface area contributed by atoms with Crippen molar-refractivity contribution in [3.8, 4) is 5.75 Å². The van der Waals surface area contributed by atoms with Gasteiger partial charge in [-0.2, -0.15) is 17.5 Å². The topological polar surface area (TPSA) is 137 Å². The van der Waals surface area contributed by atoms with Crippen molar-refractivity contribution in [1.82, 2.24) is 25.2 Å². The Morgan fingerprint density at radius 2 is 1.88 bits per heavy atom. The second-order valence-corrected chi connectivity index (χ2v) is 13.4. The van der Waals surface area contributed by atoms with Crippen molar-refractivity contribution >= 4 is 28.1 Å². The number of aldehydes is 1. The summed E-state index contributed by atoms with van der Waals surface area (Å²) in [5.41, 5.74) is -0.259. The number of nitrogens with zero attached hydrogens (tertiary/aromatic N) is 2. The largest absolute Gasteiger partial charge is 0.493 e. The third kappa shape index (κ3) is 7.41. The van der Waals surface area contributed by atoms with E-state index in [1.165, 1.54) is 4.90 Å². The number of hydrogen-bond acceptors (Lipinski definition) is 8. The summed E-state index contributed by atoms with van der Waals surface area (Å²) in [5.74, 6) is -1.33. The van der Waals surface area contributed by atoms with Crippen LogP contribution in [0.2, 0.25) is 0 Å². The van der Waals surface area contributed by atoms with E-state index >= 15 is 0 Å². The zero-order valence-electron chi connectivity index (χ0n) is 23.7. The van der Waals surface area contributed by atoms with Gasteiger partial charge in [0.25, 0.3) is 0 Å². The van der Waals surface area contributed by atoms with Crippen LogP contribution in [0.1, 0.15) is 50.6 Å². The average Bonchev–Trinajstić information content (AvgIpc) is 3.37. The summed E-state index contributed by atoms with van der Waals surface area (Å²) in [6.07, 6.45) is -4.01. The standard InChI is InChI=1S/C27H38F3N5O6S/c1-26(17-36,31-2)16-32-21-15-34(42(39,40)14-11-27(28,29)30)12-9-18-7-8-22(35(18)25(21)38)24(37)33-20-10-13-41-23-6-4-3-5-19(20)23/h3-6,17-18,20-22,31-32H,7-16H2,1-2H3,(H,33,37)/t18-,20-,21+,22+,26?/m1/s1. The minimum absolute atomic E-state index is 0.0614. The van der Waals surface area contributed by atoms with Crippen molar-refractivity contribution in [3.05, 3.63) is 29.8 Å². The first kappa shape index (κ1) is 32.2. The van der Waals surface area contributed by atoms with Crippen LogP contribution in [-0.2, 0) is 24.4 Å². The first-order valence-corrected chi connectivity index (χ1v) is 15.7. The second-order valence-electron chi connectivity index (χ2n) is 11.3. The highest BCUT2D eigenvalue weighted by Crippen LogP contribution is 2.34. The molecule has 2 saturated heterocycles. The molecule has 0 bridgehead atoms. The van der Waals surface area contributed by atoms with Crippen LogP contribution in [0, 0.1) is 0 Å². The molecule has 0 radical (unpaired) electrons. The molecular weight excluding hydrogens is 579 g/mol. The summed E-state index contributed by atoms with van der Waals surface area (Å²) in [4.78, 5) is 40.8. The number of nitrogens with one attached hydrogen (secondary N) is 3. The second kappa shape index (κ2) is 12.9. The molecule has 0 spiro atoms. The fraction of sp³-hybridized carbons (Fsp3) is 0.667. The monoisotopic (exact) mass is 617 g/mol. The Kier molecular flexibility index (Phi) is 9.85. The van der Waals surface area contributed by atoms with E-state index in [4.69, 9.17) is 4.74 Å². The van der Waals surface area contributed by atoms with Crippen molar-refractivity contribution in [1.29, 1.82) is 0 Å². The van der Waals surface area contributed by atoms with Gasteiger partial charge in [0.1, 0.15) is 24.1 Å². The highest BCUT2D eigenvalue weighted by atomic mass is 32.2. The maximum absolute atomic E-state index is 14.0. The third-order valence-electron chi connectivity index (χ3n) is 8.31. The van der Waals surface area contributed by atoms with Crippen molar-refractivity contribution in [2.45, 2.75) is 74.9 Å². The molecule has 0 aliphatic carbocycles. The van der Waals surface area contributed by atoms with Gasteiger partial charge in [-0.15, -0.1) is 0 Å². The number of benzene rings is 1. The lowest BCUT2D eigenvalue weighted by atomic mass is 10.00. The Labute approximate surface area is 243 Å². The molecular formula is C27H38F3N5O6S. The number of ether oxygens (including phenoxy) is 1. The highest BCUT2D eigenvalue weighted by molar-refractivity contribution is 7.89. The van der Waals surface area contributed by atoms with E-state index in [-0.39, 0.29) is 31.5 Å². The molecule has 1 aromatic carbocycles. The summed E-state index contributed by atoms with van der Waals surface area (Å²) in [6, 6.07) is 4.59. The Balaban J connectivity index is 1.56. The summed E-state index contributed by atoms with van der Waals surface area (Å²) in [6.45, 7) is 1.41. The van der Waals surface area contributed by atoms with Gasteiger partial charge in [0.15, 0.2) is 0 Å². The number of rotatable bonds is 10. The van der Waals surface area contributed by atoms with E-state index in [9.17, 15) is 36.0 Å². The van der Waals surface area contributed by atoms with Gasteiger partial charge in [-0.05, 0) is 39.3 Å². The first-order chi connectivity index (χ1) is 19.8. The molecule has 2 fully saturated rings. The van der Waals surface area contributed by atoms with Gasteiger partial charge in [0.05, 0.1) is 30.4 Å². The number of para-hydroxylation sites is 1. The number of fused-ring (bicyclic) bond motifs is 2. The lowest BCUT2D eigenvalue weighted by molar-refractivity contribution is -0.143. The average molecular weight is 618 g/mol. The zero-order valence-corrected chi connectivity index (χ0v) is 24.5. The fourth-order valence-corrected chi connectivity index (χ4v) is 7.17. The molecule has 2 amide bonds. The number of carbonyl (C=O) groups is 3. The summed E-state index contributed by atoms with van der Waals surface area (Å²) >= 11 is 0. The molecule has 1 aromatic rings. The van der Waals surface area contributed by atoms with Gasteiger partial charge >= 0.3 is 6.18 Å². The maximum Gasteiger partial charge on any atom is 0.390 e. The number of alkyl halides is 3. The first-order valence-electron chi connectivity index (χ1n) is 14.0. The molecule has 5 atom stereocenters. The molecule has 4 rings (SSSR count). The number of sulfonamides is 1.